The average molecular weight is 630 g/mol. The monoisotopic (exact) mass is 629 g/mol. The molecule has 13 heteroatoms. The number of benzene rings is 2. The molecule has 0 aliphatic carbocycles. The lowest BCUT2D eigenvalue weighted by Gasteiger charge is -2.45. The number of hydrogen-bond acceptors (Lipinski definition) is 6. The standard InChI is InChI=1S/C31H37F6N3O4/c1-18-11-20-12-19(28(41)43-5)7-8-23(20)27(39(18)17-31(35,36)37)26-24(33)13-21(14-25(26)34)40(29(42)44-30(2,3)4)22-15-38(16-22)10-6-9-32/h7-8,12-14,18,22,27H,6,9-11,15-17H2,1-5H3/t18-,27?/m1/s1. The number of methoxy groups -OCH3 is 1. The largest absolute Gasteiger partial charge is 0.465 e. The molecule has 44 heavy (non-hydrogen) atoms. The molecule has 1 saturated heterocycles. The molecule has 0 saturated carbocycles. The Hall–Kier alpha value is -3.32. The molecule has 0 radical (unpaired) electrons. The van der Waals surface area contributed by atoms with Crippen LogP contribution in [0.3, 0.4) is 0 Å². The van der Waals surface area contributed by atoms with E-state index in [0.717, 1.165) is 21.9 Å². The van der Waals surface area contributed by atoms with Gasteiger partial charge in [-0.25, -0.2) is 18.4 Å². The van der Waals surface area contributed by atoms with Gasteiger partial charge in [0.1, 0.15) is 17.2 Å². The van der Waals surface area contributed by atoms with Crippen LogP contribution in [0.4, 0.5) is 36.8 Å². The average Bonchev–Trinajstić information content (AvgIpc) is 2.88. The number of amides is 1. The minimum atomic E-state index is -4.67. The molecule has 1 unspecified atom stereocenters. The van der Waals surface area contributed by atoms with Crippen LogP contribution >= 0.6 is 0 Å². The van der Waals surface area contributed by atoms with Crippen LogP contribution in [0, 0.1) is 11.6 Å². The van der Waals surface area contributed by atoms with Gasteiger partial charge in [0.05, 0.1) is 43.7 Å². The van der Waals surface area contributed by atoms with E-state index in [1.54, 1.807) is 20.8 Å². The second-order valence-electron chi connectivity index (χ2n) is 12.3. The number of rotatable bonds is 8. The Kier molecular flexibility index (Phi) is 9.89. The third-order valence-corrected chi connectivity index (χ3v) is 7.75. The minimum absolute atomic E-state index is 0.0983. The lowest BCUT2D eigenvalue weighted by Crippen LogP contribution is -2.61. The molecule has 2 heterocycles. The number of anilines is 1. The zero-order valence-corrected chi connectivity index (χ0v) is 25.3. The number of halogens is 6. The van der Waals surface area contributed by atoms with Crippen molar-refractivity contribution in [1.29, 1.82) is 0 Å². The van der Waals surface area contributed by atoms with Crippen LogP contribution in [0.5, 0.6) is 0 Å². The lowest BCUT2D eigenvalue weighted by molar-refractivity contribution is -0.155. The Morgan fingerprint density at radius 2 is 1.68 bits per heavy atom. The van der Waals surface area contributed by atoms with Crippen molar-refractivity contribution >= 4 is 17.7 Å². The molecule has 1 fully saturated rings. The third kappa shape index (κ3) is 7.48. The van der Waals surface area contributed by atoms with Crippen LogP contribution in [-0.4, -0.2) is 85.7 Å². The Morgan fingerprint density at radius 3 is 2.23 bits per heavy atom. The molecule has 0 aromatic heterocycles. The predicted molar refractivity (Wildman–Crippen MR) is 151 cm³/mol. The first kappa shape index (κ1) is 33.6. The molecule has 0 bridgehead atoms. The summed E-state index contributed by atoms with van der Waals surface area (Å²) in [5, 5.41) is 0. The van der Waals surface area contributed by atoms with Crippen molar-refractivity contribution in [3.05, 3.63) is 64.2 Å². The Labute approximate surface area is 252 Å². The molecule has 2 aliphatic rings. The number of nitrogens with zero attached hydrogens (tertiary/aromatic N) is 3. The van der Waals surface area contributed by atoms with Crippen LogP contribution < -0.4 is 4.90 Å². The quantitative estimate of drug-likeness (QED) is 0.248. The maximum atomic E-state index is 16.1. The number of esters is 1. The number of carbonyl (C=O) groups is 2. The van der Waals surface area contributed by atoms with Crippen LogP contribution in [0.25, 0.3) is 0 Å². The van der Waals surface area contributed by atoms with Crippen LogP contribution in [-0.2, 0) is 15.9 Å². The van der Waals surface area contributed by atoms with Gasteiger partial charge < -0.3 is 9.47 Å². The fraction of sp³-hybridized carbons (Fsp3) is 0.548. The van der Waals surface area contributed by atoms with Crippen molar-refractivity contribution in [3.8, 4) is 0 Å². The molecule has 7 nitrogen and oxygen atoms in total. The van der Waals surface area contributed by atoms with E-state index in [4.69, 9.17) is 9.47 Å². The van der Waals surface area contributed by atoms with Gasteiger partial charge in [0.15, 0.2) is 0 Å². The lowest BCUT2D eigenvalue weighted by atomic mass is 9.83. The number of hydrogen-bond donors (Lipinski definition) is 0. The molecule has 2 aromatic rings. The first-order chi connectivity index (χ1) is 20.5. The molecule has 0 N–H and O–H groups in total. The van der Waals surface area contributed by atoms with E-state index in [1.807, 2.05) is 4.90 Å². The smallest absolute Gasteiger partial charge is 0.415 e. The molecular weight excluding hydrogens is 592 g/mol. The number of alkyl halides is 4. The highest BCUT2D eigenvalue weighted by Gasteiger charge is 2.44. The number of carbonyl (C=O) groups excluding carboxylic acids is 2. The van der Waals surface area contributed by atoms with Gasteiger partial charge in [-0.05, 0) is 75.9 Å². The fourth-order valence-electron chi connectivity index (χ4n) is 5.86. The van der Waals surface area contributed by atoms with E-state index in [2.05, 4.69) is 0 Å². The van der Waals surface area contributed by atoms with Crippen molar-refractivity contribution in [2.24, 2.45) is 0 Å². The van der Waals surface area contributed by atoms with E-state index in [1.165, 1.54) is 32.2 Å². The summed E-state index contributed by atoms with van der Waals surface area (Å²) in [7, 11) is 1.19. The minimum Gasteiger partial charge on any atom is -0.465 e. The predicted octanol–water partition coefficient (Wildman–Crippen LogP) is 6.44. The van der Waals surface area contributed by atoms with E-state index in [-0.39, 0.29) is 23.2 Å². The summed E-state index contributed by atoms with van der Waals surface area (Å²) < 4.78 is 96.5. The van der Waals surface area contributed by atoms with Gasteiger partial charge in [0.25, 0.3) is 0 Å². The second kappa shape index (κ2) is 13.0. The first-order valence-electron chi connectivity index (χ1n) is 14.4. The fourth-order valence-corrected chi connectivity index (χ4v) is 5.86. The summed E-state index contributed by atoms with van der Waals surface area (Å²) in [5.74, 6) is -2.94. The van der Waals surface area contributed by atoms with Crippen LogP contribution in [0.15, 0.2) is 30.3 Å². The summed E-state index contributed by atoms with van der Waals surface area (Å²) in [4.78, 5) is 29.4. The normalized spacial score (nSPS) is 19.7. The molecule has 242 valence electrons. The zero-order chi connectivity index (χ0) is 32.6. The van der Waals surface area contributed by atoms with Crippen molar-refractivity contribution in [1.82, 2.24) is 9.80 Å². The van der Waals surface area contributed by atoms with E-state index in [0.29, 0.717) is 31.6 Å². The highest BCUT2D eigenvalue weighted by Crippen LogP contribution is 2.43. The summed E-state index contributed by atoms with van der Waals surface area (Å²) in [5.41, 5.74) is -0.846. The van der Waals surface area contributed by atoms with E-state index >= 15 is 8.78 Å². The molecule has 1 amide bonds. The summed E-state index contributed by atoms with van der Waals surface area (Å²) >= 11 is 0. The number of fused-ring (bicyclic) bond motifs is 1. The van der Waals surface area contributed by atoms with Gasteiger partial charge in [-0.3, -0.25) is 19.1 Å². The maximum absolute atomic E-state index is 16.1. The summed E-state index contributed by atoms with van der Waals surface area (Å²) in [6.45, 7) is 5.60. The van der Waals surface area contributed by atoms with Gasteiger partial charge in [0.2, 0.25) is 0 Å². The van der Waals surface area contributed by atoms with Gasteiger partial charge in [-0.1, -0.05) is 6.07 Å². The molecule has 4 rings (SSSR count). The van der Waals surface area contributed by atoms with Gasteiger partial charge in [-0.2, -0.15) is 13.2 Å². The van der Waals surface area contributed by atoms with Gasteiger partial charge in [0, 0.05) is 31.2 Å². The third-order valence-electron chi connectivity index (χ3n) is 7.75. The Balaban J connectivity index is 1.79. The van der Waals surface area contributed by atoms with Crippen molar-refractivity contribution < 1.29 is 45.4 Å². The summed E-state index contributed by atoms with van der Waals surface area (Å²) in [6, 6.07) is 3.26. The SMILES string of the molecule is COC(=O)c1ccc2c(c1)C[C@@H](C)N(CC(F)(F)F)C2c1c(F)cc(N(C(=O)OC(C)(C)C)C2CN(CCCF)C2)cc1F. The Bertz CT molecular complexity index is 1350. The second-order valence-corrected chi connectivity index (χ2v) is 12.3. The summed E-state index contributed by atoms with van der Waals surface area (Å²) in [6.07, 6.45) is -5.12. The van der Waals surface area contributed by atoms with Crippen molar-refractivity contribution in [2.45, 2.75) is 70.4 Å². The molecule has 0 spiro atoms. The topological polar surface area (TPSA) is 62.3 Å². The number of likely N-dealkylation sites (tertiary alicyclic amines) is 1. The van der Waals surface area contributed by atoms with Crippen molar-refractivity contribution in [2.75, 3.05) is 44.9 Å². The van der Waals surface area contributed by atoms with Crippen LogP contribution in [0.1, 0.15) is 67.2 Å². The van der Waals surface area contributed by atoms with Crippen LogP contribution in [0.2, 0.25) is 0 Å². The molecule has 2 atom stereocenters. The van der Waals surface area contributed by atoms with E-state index < -0.39 is 72.4 Å². The molecule has 2 aromatic carbocycles. The van der Waals surface area contributed by atoms with Gasteiger partial charge in [-0.15, -0.1) is 0 Å². The molecular formula is C31H37F6N3O4. The first-order valence-corrected chi connectivity index (χ1v) is 14.4. The Morgan fingerprint density at radius 1 is 1.05 bits per heavy atom. The van der Waals surface area contributed by atoms with Crippen molar-refractivity contribution in [3.63, 3.8) is 0 Å². The zero-order valence-electron chi connectivity index (χ0n) is 25.3. The highest BCUT2D eigenvalue weighted by molar-refractivity contribution is 5.90. The maximum Gasteiger partial charge on any atom is 0.415 e. The highest BCUT2D eigenvalue weighted by atomic mass is 19.4. The van der Waals surface area contributed by atoms with Gasteiger partial charge >= 0.3 is 18.2 Å². The van der Waals surface area contributed by atoms with E-state index in [9.17, 15) is 27.2 Å². The number of ether oxygens (including phenoxy) is 2. The molecule has 2 aliphatic heterocycles.